The highest BCUT2D eigenvalue weighted by molar-refractivity contribution is 7.89. The first-order valence-corrected chi connectivity index (χ1v) is 6.12. The Balaban J connectivity index is 2.61. The molecule has 0 atom stereocenters. The number of rotatable bonds is 4. The van der Waals surface area contributed by atoms with E-state index in [1.807, 2.05) is 5.32 Å². The van der Waals surface area contributed by atoms with Crippen LogP contribution >= 0.6 is 0 Å². The van der Waals surface area contributed by atoms with E-state index in [1.165, 1.54) is 0 Å². The lowest BCUT2D eigenvalue weighted by Crippen LogP contribution is -2.27. The summed E-state index contributed by atoms with van der Waals surface area (Å²) in [7, 11) is -4.09. The molecule has 0 saturated heterocycles. The standard InChI is InChI=1S/C8H9F3N2O4S/c9-8(10,11)3-4-13-7(14)5-1-2-6(17-5)18(12,15)16/h1-2H,3-4H2,(H,13,14)(H2,12,15,16). The summed E-state index contributed by atoms with van der Waals surface area (Å²) in [5, 5.41) is 6.02. The number of halogens is 3. The molecule has 0 unspecified atom stereocenters. The van der Waals surface area contributed by atoms with E-state index >= 15 is 0 Å². The molecule has 1 heterocycles. The maximum absolute atomic E-state index is 11.8. The predicted molar refractivity (Wildman–Crippen MR) is 53.1 cm³/mol. The SMILES string of the molecule is NS(=O)(=O)c1ccc(C(=O)NCCC(F)(F)F)o1. The van der Waals surface area contributed by atoms with Gasteiger partial charge in [0.2, 0.25) is 5.09 Å². The van der Waals surface area contributed by atoms with Crippen molar-refractivity contribution in [3.05, 3.63) is 17.9 Å². The molecule has 1 amide bonds. The highest BCUT2D eigenvalue weighted by Crippen LogP contribution is 2.18. The van der Waals surface area contributed by atoms with Crippen molar-refractivity contribution in [2.75, 3.05) is 6.54 Å². The first-order valence-electron chi connectivity index (χ1n) is 4.57. The summed E-state index contributed by atoms with van der Waals surface area (Å²) in [6, 6.07) is 1.94. The Labute approximate surface area is 100.0 Å². The highest BCUT2D eigenvalue weighted by Gasteiger charge is 2.27. The molecule has 0 aliphatic rings. The summed E-state index contributed by atoms with van der Waals surface area (Å²) in [6.45, 7) is -0.631. The van der Waals surface area contributed by atoms with Gasteiger partial charge >= 0.3 is 6.18 Å². The van der Waals surface area contributed by atoms with Gasteiger partial charge in [0.05, 0.1) is 6.42 Å². The van der Waals surface area contributed by atoms with Crippen molar-refractivity contribution in [2.45, 2.75) is 17.7 Å². The van der Waals surface area contributed by atoms with Crippen LogP contribution in [0.15, 0.2) is 21.6 Å². The van der Waals surface area contributed by atoms with Crippen LogP contribution in [0.1, 0.15) is 17.0 Å². The number of hydrogen-bond donors (Lipinski definition) is 2. The molecule has 0 aromatic carbocycles. The molecule has 1 rings (SSSR count). The zero-order chi connectivity index (χ0) is 14.0. The fourth-order valence-electron chi connectivity index (χ4n) is 1.000. The van der Waals surface area contributed by atoms with Gasteiger partial charge < -0.3 is 9.73 Å². The van der Waals surface area contributed by atoms with E-state index in [9.17, 15) is 26.4 Å². The second kappa shape index (κ2) is 4.98. The van der Waals surface area contributed by atoms with Gasteiger partial charge in [0.25, 0.3) is 15.9 Å². The zero-order valence-corrected chi connectivity index (χ0v) is 9.64. The molecular formula is C8H9F3N2O4S. The molecule has 0 fully saturated rings. The number of sulfonamides is 1. The van der Waals surface area contributed by atoms with E-state index in [-0.39, 0.29) is 0 Å². The molecule has 102 valence electrons. The highest BCUT2D eigenvalue weighted by atomic mass is 32.2. The second-order valence-corrected chi connectivity index (χ2v) is 4.78. The molecule has 1 aromatic rings. The van der Waals surface area contributed by atoms with E-state index in [2.05, 4.69) is 4.42 Å². The quantitative estimate of drug-likeness (QED) is 0.846. The number of carbonyl (C=O) groups is 1. The number of hydrogen-bond acceptors (Lipinski definition) is 4. The molecular weight excluding hydrogens is 277 g/mol. The lowest BCUT2D eigenvalue weighted by Gasteiger charge is -2.06. The molecule has 0 saturated carbocycles. The van der Waals surface area contributed by atoms with Crippen LogP contribution in [-0.2, 0) is 10.0 Å². The Morgan fingerprint density at radius 2 is 2.00 bits per heavy atom. The molecule has 0 aliphatic carbocycles. The third kappa shape index (κ3) is 4.37. The maximum Gasteiger partial charge on any atom is 0.390 e. The summed E-state index contributed by atoms with van der Waals surface area (Å²) >= 11 is 0. The average molecular weight is 286 g/mol. The molecule has 3 N–H and O–H groups in total. The van der Waals surface area contributed by atoms with Gasteiger partial charge in [-0.15, -0.1) is 0 Å². The van der Waals surface area contributed by atoms with Crippen LogP contribution in [0.3, 0.4) is 0 Å². The van der Waals surface area contributed by atoms with Crippen LogP contribution in [0.5, 0.6) is 0 Å². The van der Waals surface area contributed by atoms with Crippen molar-refractivity contribution >= 4 is 15.9 Å². The van der Waals surface area contributed by atoms with Crippen molar-refractivity contribution in [1.29, 1.82) is 0 Å². The first-order chi connectivity index (χ1) is 8.09. The van der Waals surface area contributed by atoms with E-state index in [0.29, 0.717) is 0 Å². The number of primary sulfonamides is 1. The molecule has 0 bridgehead atoms. The van der Waals surface area contributed by atoms with E-state index < -0.39 is 45.9 Å². The Hall–Kier alpha value is -1.55. The normalized spacial score (nSPS) is 12.4. The molecule has 0 radical (unpaired) electrons. The fourth-order valence-corrected chi connectivity index (χ4v) is 1.46. The third-order valence-electron chi connectivity index (χ3n) is 1.78. The van der Waals surface area contributed by atoms with Gasteiger partial charge in [0.1, 0.15) is 0 Å². The van der Waals surface area contributed by atoms with Crippen LogP contribution in [0.2, 0.25) is 0 Å². The smallest absolute Gasteiger partial charge is 0.390 e. The maximum atomic E-state index is 11.8. The average Bonchev–Trinajstić information content (AvgIpc) is 2.62. The topological polar surface area (TPSA) is 102 Å². The van der Waals surface area contributed by atoms with Crippen molar-refractivity contribution in [3.63, 3.8) is 0 Å². The second-order valence-electron chi connectivity index (χ2n) is 3.28. The number of alkyl halides is 3. The molecule has 0 spiro atoms. The van der Waals surface area contributed by atoms with Gasteiger partial charge in [-0.2, -0.15) is 13.2 Å². The molecule has 10 heteroatoms. The summed E-state index contributed by atoms with van der Waals surface area (Å²) in [4.78, 5) is 11.3. The Morgan fingerprint density at radius 1 is 1.39 bits per heavy atom. The van der Waals surface area contributed by atoms with Gasteiger partial charge in [-0.1, -0.05) is 0 Å². The van der Waals surface area contributed by atoms with Crippen LogP contribution in [0.4, 0.5) is 13.2 Å². The Bertz CT molecular complexity index is 535. The molecule has 1 aromatic heterocycles. The van der Waals surface area contributed by atoms with Gasteiger partial charge in [-0.3, -0.25) is 4.79 Å². The summed E-state index contributed by atoms with van der Waals surface area (Å²) in [5.74, 6) is -1.38. The van der Waals surface area contributed by atoms with Gasteiger partial charge in [0, 0.05) is 6.54 Å². The van der Waals surface area contributed by atoms with Gasteiger partial charge in [-0.25, -0.2) is 13.6 Å². The van der Waals surface area contributed by atoms with Crippen molar-refractivity contribution in [1.82, 2.24) is 5.32 Å². The summed E-state index contributed by atoms with van der Waals surface area (Å²) in [5.41, 5.74) is 0. The zero-order valence-electron chi connectivity index (χ0n) is 8.82. The monoisotopic (exact) mass is 286 g/mol. The lowest BCUT2D eigenvalue weighted by atomic mass is 10.4. The molecule has 0 aliphatic heterocycles. The van der Waals surface area contributed by atoms with Crippen LogP contribution in [0, 0.1) is 0 Å². The molecule has 6 nitrogen and oxygen atoms in total. The van der Waals surface area contributed by atoms with E-state index in [0.717, 1.165) is 12.1 Å². The van der Waals surface area contributed by atoms with Crippen LogP contribution in [0.25, 0.3) is 0 Å². The number of carbonyl (C=O) groups excluding carboxylic acids is 1. The summed E-state index contributed by atoms with van der Waals surface area (Å²) in [6.07, 6.45) is -5.58. The Morgan fingerprint density at radius 3 is 2.44 bits per heavy atom. The van der Waals surface area contributed by atoms with Gasteiger partial charge in [0.15, 0.2) is 5.76 Å². The number of nitrogens with two attached hydrogens (primary N) is 1. The number of amides is 1. The Kier molecular flexibility index (Phi) is 4.02. The first kappa shape index (κ1) is 14.5. The van der Waals surface area contributed by atoms with Crippen molar-refractivity contribution in [3.8, 4) is 0 Å². The number of furan rings is 1. The minimum Gasteiger partial charge on any atom is -0.438 e. The van der Waals surface area contributed by atoms with Crippen molar-refractivity contribution in [2.24, 2.45) is 5.14 Å². The van der Waals surface area contributed by atoms with Crippen molar-refractivity contribution < 1.29 is 30.8 Å². The lowest BCUT2D eigenvalue weighted by molar-refractivity contribution is -0.133. The van der Waals surface area contributed by atoms with Gasteiger partial charge in [-0.05, 0) is 12.1 Å². The van der Waals surface area contributed by atoms with E-state index in [4.69, 9.17) is 5.14 Å². The van der Waals surface area contributed by atoms with Crippen LogP contribution < -0.4 is 10.5 Å². The third-order valence-corrected chi connectivity index (χ3v) is 2.56. The minimum absolute atomic E-state index is 0.429. The summed E-state index contributed by atoms with van der Waals surface area (Å²) < 4.78 is 61.6. The minimum atomic E-state index is -4.39. The number of nitrogens with one attached hydrogen (secondary N) is 1. The fraction of sp³-hybridized carbons (Fsp3) is 0.375. The predicted octanol–water partition coefficient (Wildman–Crippen LogP) is 0.609. The molecule has 18 heavy (non-hydrogen) atoms. The van der Waals surface area contributed by atoms with Crippen LogP contribution in [-0.4, -0.2) is 27.0 Å². The largest absolute Gasteiger partial charge is 0.438 e. The van der Waals surface area contributed by atoms with E-state index in [1.54, 1.807) is 0 Å².